The van der Waals surface area contributed by atoms with Crippen LogP contribution in [0.2, 0.25) is 0 Å². The fraction of sp³-hybridized carbons (Fsp3) is 0.929. The molecule has 1 fully saturated rings. The highest BCUT2D eigenvalue weighted by Crippen LogP contribution is 2.10. The van der Waals surface area contributed by atoms with E-state index in [-0.39, 0.29) is 24.0 Å². The van der Waals surface area contributed by atoms with E-state index < -0.39 is 0 Å². The molecule has 1 saturated heterocycles. The molecule has 1 heterocycles. The summed E-state index contributed by atoms with van der Waals surface area (Å²) >= 11 is 0. The largest absolute Gasteiger partial charge is 0.381 e. The molecular formula is C14H30IN3O. The summed E-state index contributed by atoms with van der Waals surface area (Å²) in [5.41, 5.74) is 0. The minimum absolute atomic E-state index is 0. The van der Waals surface area contributed by atoms with Crippen LogP contribution in [-0.2, 0) is 4.74 Å². The molecule has 1 aliphatic rings. The Balaban J connectivity index is 0.00000324. The molecule has 19 heavy (non-hydrogen) atoms. The predicted molar refractivity (Wildman–Crippen MR) is 92.4 cm³/mol. The Kier molecular flexibility index (Phi) is 11.7. The third-order valence-electron chi connectivity index (χ3n) is 3.43. The molecule has 1 rings (SSSR count). The number of nitrogens with zero attached hydrogens (tertiary/aromatic N) is 1. The summed E-state index contributed by atoms with van der Waals surface area (Å²) in [5.74, 6) is 1.56. The molecule has 4 nitrogen and oxygen atoms in total. The van der Waals surface area contributed by atoms with Crippen molar-refractivity contribution in [3.8, 4) is 0 Å². The van der Waals surface area contributed by atoms with Crippen molar-refractivity contribution >= 4 is 29.9 Å². The molecule has 0 spiro atoms. The lowest BCUT2D eigenvalue weighted by Gasteiger charge is -2.19. The zero-order chi connectivity index (χ0) is 13.2. The van der Waals surface area contributed by atoms with Crippen molar-refractivity contribution in [2.45, 2.75) is 52.0 Å². The van der Waals surface area contributed by atoms with Crippen LogP contribution in [-0.4, -0.2) is 38.8 Å². The summed E-state index contributed by atoms with van der Waals surface area (Å²) in [5, 5.41) is 6.84. The van der Waals surface area contributed by atoms with Gasteiger partial charge in [-0.25, -0.2) is 0 Å². The Morgan fingerprint density at radius 3 is 2.79 bits per heavy atom. The third kappa shape index (κ3) is 8.68. The summed E-state index contributed by atoms with van der Waals surface area (Å²) < 4.78 is 5.37. The quantitative estimate of drug-likeness (QED) is 0.308. The molecule has 0 saturated carbocycles. The van der Waals surface area contributed by atoms with Crippen LogP contribution in [0.3, 0.4) is 0 Å². The van der Waals surface area contributed by atoms with E-state index in [1.165, 1.54) is 25.7 Å². The Bertz CT molecular complexity index is 243. The van der Waals surface area contributed by atoms with Crippen molar-refractivity contribution in [1.82, 2.24) is 10.6 Å². The van der Waals surface area contributed by atoms with Crippen LogP contribution < -0.4 is 10.6 Å². The highest BCUT2D eigenvalue weighted by Gasteiger charge is 2.15. The van der Waals surface area contributed by atoms with Gasteiger partial charge in [0.05, 0.1) is 6.61 Å². The van der Waals surface area contributed by atoms with E-state index in [9.17, 15) is 0 Å². The lowest BCUT2D eigenvalue weighted by Crippen LogP contribution is -2.43. The minimum atomic E-state index is 0. The molecule has 2 N–H and O–H groups in total. The maximum absolute atomic E-state index is 5.37. The summed E-state index contributed by atoms with van der Waals surface area (Å²) in [7, 11) is 1.83. The Morgan fingerprint density at radius 1 is 1.42 bits per heavy atom. The van der Waals surface area contributed by atoms with Gasteiger partial charge in [0.1, 0.15) is 0 Å². The maximum Gasteiger partial charge on any atom is 0.191 e. The predicted octanol–water partition coefficient (Wildman–Crippen LogP) is 2.77. The Labute approximate surface area is 135 Å². The van der Waals surface area contributed by atoms with Crippen LogP contribution in [0.4, 0.5) is 0 Å². The van der Waals surface area contributed by atoms with Crippen LogP contribution >= 0.6 is 24.0 Å². The second-order valence-electron chi connectivity index (χ2n) is 5.22. The summed E-state index contributed by atoms with van der Waals surface area (Å²) in [6.07, 6.45) is 6.26. The molecule has 0 aromatic rings. The molecular weight excluding hydrogens is 353 g/mol. The van der Waals surface area contributed by atoms with Gasteiger partial charge in [0.2, 0.25) is 0 Å². The van der Waals surface area contributed by atoms with Gasteiger partial charge < -0.3 is 15.4 Å². The number of aliphatic imine (C=N–C) groups is 1. The second kappa shape index (κ2) is 11.8. The van der Waals surface area contributed by atoms with Crippen molar-refractivity contribution in [3.63, 3.8) is 0 Å². The van der Waals surface area contributed by atoms with Crippen molar-refractivity contribution in [1.29, 1.82) is 0 Å². The molecule has 0 bridgehead atoms. The Hall–Kier alpha value is -0.0400. The SMILES string of the molecule is CCCCCC(C)NC(=NC)NCC1CCOC1.I. The Morgan fingerprint density at radius 2 is 2.21 bits per heavy atom. The van der Waals surface area contributed by atoms with Crippen LogP contribution in [0.5, 0.6) is 0 Å². The first-order chi connectivity index (χ1) is 8.76. The van der Waals surface area contributed by atoms with E-state index in [1.807, 2.05) is 7.05 Å². The first-order valence-corrected chi connectivity index (χ1v) is 7.31. The minimum Gasteiger partial charge on any atom is -0.381 e. The van der Waals surface area contributed by atoms with Crippen molar-refractivity contribution in [3.05, 3.63) is 0 Å². The van der Waals surface area contributed by atoms with E-state index in [1.54, 1.807) is 0 Å². The maximum atomic E-state index is 5.37. The van der Waals surface area contributed by atoms with Gasteiger partial charge in [-0.3, -0.25) is 4.99 Å². The zero-order valence-electron chi connectivity index (χ0n) is 12.6. The van der Waals surface area contributed by atoms with Gasteiger partial charge in [-0.2, -0.15) is 0 Å². The first kappa shape index (κ1) is 19.0. The van der Waals surface area contributed by atoms with Gasteiger partial charge >= 0.3 is 0 Å². The zero-order valence-corrected chi connectivity index (χ0v) is 14.9. The molecule has 114 valence electrons. The smallest absolute Gasteiger partial charge is 0.191 e. The molecule has 0 amide bonds. The molecule has 5 heteroatoms. The van der Waals surface area contributed by atoms with Crippen LogP contribution in [0.25, 0.3) is 0 Å². The number of ether oxygens (including phenoxy) is 1. The highest BCUT2D eigenvalue weighted by molar-refractivity contribution is 14.0. The van der Waals surface area contributed by atoms with E-state index >= 15 is 0 Å². The standard InChI is InChI=1S/C14H29N3O.HI/c1-4-5-6-7-12(2)17-14(15-3)16-10-13-8-9-18-11-13;/h12-13H,4-11H2,1-3H3,(H2,15,16,17);1H. The number of halogens is 1. The molecule has 0 aromatic heterocycles. The van der Waals surface area contributed by atoms with E-state index in [2.05, 4.69) is 29.5 Å². The van der Waals surface area contributed by atoms with Crippen molar-refractivity contribution < 1.29 is 4.74 Å². The van der Waals surface area contributed by atoms with E-state index in [4.69, 9.17) is 4.74 Å². The van der Waals surface area contributed by atoms with Crippen LogP contribution in [0, 0.1) is 5.92 Å². The number of hydrogen-bond donors (Lipinski definition) is 2. The highest BCUT2D eigenvalue weighted by atomic mass is 127. The van der Waals surface area contributed by atoms with Gasteiger partial charge in [-0.1, -0.05) is 26.2 Å². The van der Waals surface area contributed by atoms with Crippen LogP contribution in [0.15, 0.2) is 4.99 Å². The summed E-state index contributed by atoms with van der Waals surface area (Å²) in [6.45, 7) is 7.21. The van der Waals surface area contributed by atoms with Gasteiger partial charge in [0.15, 0.2) is 5.96 Å². The number of unbranched alkanes of at least 4 members (excludes halogenated alkanes) is 2. The third-order valence-corrected chi connectivity index (χ3v) is 3.43. The summed E-state index contributed by atoms with van der Waals surface area (Å²) in [6, 6.07) is 0.488. The van der Waals surface area contributed by atoms with Gasteiger partial charge in [-0.05, 0) is 19.8 Å². The lowest BCUT2D eigenvalue weighted by molar-refractivity contribution is 0.186. The molecule has 1 aliphatic heterocycles. The van der Waals surface area contributed by atoms with Gasteiger partial charge in [-0.15, -0.1) is 24.0 Å². The lowest BCUT2D eigenvalue weighted by atomic mass is 10.1. The average Bonchev–Trinajstić information content (AvgIpc) is 2.88. The normalized spacial score (nSPS) is 20.8. The number of guanidine groups is 1. The van der Waals surface area contributed by atoms with Crippen LogP contribution in [0.1, 0.15) is 46.0 Å². The average molecular weight is 383 g/mol. The van der Waals surface area contributed by atoms with Gasteiger partial charge in [0.25, 0.3) is 0 Å². The molecule has 0 aliphatic carbocycles. The monoisotopic (exact) mass is 383 g/mol. The summed E-state index contributed by atoms with van der Waals surface area (Å²) in [4.78, 5) is 4.27. The van der Waals surface area contributed by atoms with E-state index in [0.717, 1.165) is 32.1 Å². The first-order valence-electron chi connectivity index (χ1n) is 7.31. The topological polar surface area (TPSA) is 45.7 Å². The fourth-order valence-electron chi connectivity index (χ4n) is 2.19. The molecule has 2 atom stereocenters. The van der Waals surface area contributed by atoms with Gasteiger partial charge in [0, 0.05) is 32.2 Å². The molecule has 0 aromatic carbocycles. The van der Waals surface area contributed by atoms with E-state index in [0.29, 0.717) is 12.0 Å². The number of hydrogen-bond acceptors (Lipinski definition) is 2. The molecule has 0 radical (unpaired) electrons. The molecule has 2 unspecified atom stereocenters. The second-order valence-corrected chi connectivity index (χ2v) is 5.22. The number of rotatable bonds is 7. The van der Waals surface area contributed by atoms with Crippen molar-refractivity contribution in [2.24, 2.45) is 10.9 Å². The number of nitrogens with one attached hydrogen (secondary N) is 2. The van der Waals surface area contributed by atoms with Crippen molar-refractivity contribution in [2.75, 3.05) is 26.8 Å². The fourth-order valence-corrected chi connectivity index (χ4v) is 2.19.